The molecule has 2 aromatic rings. The van der Waals surface area contributed by atoms with E-state index in [0.29, 0.717) is 19.5 Å². The van der Waals surface area contributed by atoms with Crippen molar-refractivity contribution in [1.29, 1.82) is 0 Å². The second-order valence-electron chi connectivity index (χ2n) is 6.69. The van der Waals surface area contributed by atoms with E-state index in [0.717, 1.165) is 30.7 Å². The molecule has 0 aromatic heterocycles. The number of rotatable bonds is 4. The van der Waals surface area contributed by atoms with Crippen LogP contribution in [-0.4, -0.2) is 28.9 Å². The number of Topliss-reactive ketones (excluding diaryl/α,β-unsaturated/α-hetero) is 1. The summed E-state index contributed by atoms with van der Waals surface area (Å²) in [6.45, 7) is 1.92. The maximum atomic E-state index is 12.9. The summed E-state index contributed by atoms with van der Waals surface area (Å²) < 4.78 is 38.6. The molecule has 0 radical (unpaired) electrons. The number of nitrogens with zero attached hydrogens (tertiary/aromatic N) is 1. The van der Waals surface area contributed by atoms with Crippen LogP contribution in [0, 0.1) is 5.92 Å². The molecule has 0 aliphatic carbocycles. The molecule has 1 saturated heterocycles. The van der Waals surface area contributed by atoms with E-state index >= 15 is 0 Å². The van der Waals surface area contributed by atoms with Crippen LogP contribution >= 0.6 is 0 Å². The molecule has 3 rings (SSSR count). The summed E-state index contributed by atoms with van der Waals surface area (Å²) in [4.78, 5) is 14.8. The highest BCUT2D eigenvalue weighted by Crippen LogP contribution is 2.31. The number of piperidine rings is 1. The third kappa shape index (κ3) is 4.43. The zero-order chi connectivity index (χ0) is 18.7. The molecule has 1 aliphatic rings. The predicted octanol–water partition coefficient (Wildman–Crippen LogP) is 4.51. The van der Waals surface area contributed by atoms with Crippen LogP contribution in [0.4, 0.5) is 13.2 Å². The van der Waals surface area contributed by atoms with Gasteiger partial charge in [-0.05, 0) is 49.2 Å². The van der Waals surface area contributed by atoms with Crippen LogP contribution in [0.25, 0.3) is 0 Å². The van der Waals surface area contributed by atoms with E-state index in [2.05, 4.69) is 4.90 Å². The number of ketones is 1. The van der Waals surface area contributed by atoms with Gasteiger partial charge in [0.15, 0.2) is 5.78 Å². The first-order valence-corrected chi connectivity index (χ1v) is 8.54. The van der Waals surface area contributed by atoms with Gasteiger partial charge in [0.2, 0.25) is 0 Å². The number of likely N-dealkylation sites (tertiary alicyclic amines) is 1. The van der Waals surface area contributed by atoms with E-state index < -0.39 is 11.7 Å². The summed E-state index contributed by atoms with van der Waals surface area (Å²) in [7, 11) is 0. The molecular weight excluding hydrogens is 343 g/mol. The van der Waals surface area contributed by atoms with Crippen molar-refractivity contribution >= 4 is 5.78 Å². The first kappa shape index (κ1) is 18.5. The van der Waals surface area contributed by atoms with Gasteiger partial charge in [0.05, 0.1) is 5.56 Å². The summed E-state index contributed by atoms with van der Waals surface area (Å²) in [6.07, 6.45) is -2.97. The maximum absolute atomic E-state index is 12.9. The van der Waals surface area contributed by atoms with Crippen molar-refractivity contribution in [3.8, 4) is 5.75 Å². The van der Waals surface area contributed by atoms with Crippen molar-refractivity contribution in [2.45, 2.75) is 25.6 Å². The average Bonchev–Trinajstić information content (AvgIpc) is 2.61. The van der Waals surface area contributed by atoms with Crippen molar-refractivity contribution < 1.29 is 23.1 Å². The van der Waals surface area contributed by atoms with Gasteiger partial charge in [-0.1, -0.05) is 24.3 Å². The van der Waals surface area contributed by atoms with E-state index in [4.69, 9.17) is 0 Å². The molecular formula is C20H20F3NO2. The van der Waals surface area contributed by atoms with E-state index in [1.165, 1.54) is 12.1 Å². The maximum Gasteiger partial charge on any atom is 0.416 e. The molecule has 0 spiro atoms. The number of carbonyl (C=O) groups excluding carboxylic acids is 1. The smallest absolute Gasteiger partial charge is 0.416 e. The SMILES string of the molecule is O=C(c1cccc(C(F)(F)F)c1)C1CCCN(Cc2cccc(O)c2)C1. The van der Waals surface area contributed by atoms with Gasteiger partial charge < -0.3 is 5.11 Å². The van der Waals surface area contributed by atoms with Crippen LogP contribution in [0.15, 0.2) is 48.5 Å². The Kier molecular flexibility index (Phi) is 5.32. The van der Waals surface area contributed by atoms with Crippen LogP contribution in [-0.2, 0) is 12.7 Å². The first-order chi connectivity index (χ1) is 12.3. The fourth-order valence-electron chi connectivity index (χ4n) is 3.41. The Morgan fingerprint density at radius 3 is 2.65 bits per heavy atom. The van der Waals surface area contributed by atoms with Crippen LogP contribution in [0.2, 0.25) is 0 Å². The monoisotopic (exact) mass is 363 g/mol. The molecule has 0 bridgehead atoms. The molecule has 0 saturated carbocycles. The van der Waals surface area contributed by atoms with Crippen molar-refractivity contribution in [2.75, 3.05) is 13.1 Å². The zero-order valence-electron chi connectivity index (χ0n) is 14.2. The summed E-state index contributed by atoms with van der Waals surface area (Å²) in [6, 6.07) is 11.6. The molecule has 2 aromatic carbocycles. The van der Waals surface area contributed by atoms with Crippen molar-refractivity contribution in [2.24, 2.45) is 5.92 Å². The Bertz CT molecular complexity index is 789. The quantitative estimate of drug-likeness (QED) is 0.813. The number of alkyl halides is 3. The predicted molar refractivity (Wildman–Crippen MR) is 91.9 cm³/mol. The lowest BCUT2D eigenvalue weighted by Crippen LogP contribution is -2.38. The number of carbonyl (C=O) groups is 1. The minimum absolute atomic E-state index is 0.115. The fraction of sp³-hybridized carbons (Fsp3) is 0.350. The molecule has 1 N–H and O–H groups in total. The Labute approximate surface area is 150 Å². The van der Waals surface area contributed by atoms with Crippen LogP contribution < -0.4 is 0 Å². The number of benzene rings is 2. The highest BCUT2D eigenvalue weighted by molar-refractivity contribution is 5.98. The van der Waals surface area contributed by atoms with Gasteiger partial charge in [-0.25, -0.2) is 0 Å². The molecule has 6 heteroatoms. The van der Waals surface area contributed by atoms with E-state index in [9.17, 15) is 23.1 Å². The van der Waals surface area contributed by atoms with E-state index in [1.807, 2.05) is 6.07 Å². The van der Waals surface area contributed by atoms with Crippen LogP contribution in [0.5, 0.6) is 5.75 Å². The van der Waals surface area contributed by atoms with Gasteiger partial charge in [0.1, 0.15) is 5.75 Å². The summed E-state index contributed by atoms with van der Waals surface area (Å²) in [5.41, 5.74) is 0.261. The number of aromatic hydroxyl groups is 1. The minimum atomic E-state index is -4.45. The van der Waals surface area contributed by atoms with Crippen molar-refractivity contribution in [3.05, 3.63) is 65.2 Å². The zero-order valence-corrected chi connectivity index (χ0v) is 14.2. The molecule has 1 fully saturated rings. The molecule has 1 atom stereocenters. The molecule has 1 aliphatic heterocycles. The second-order valence-corrected chi connectivity index (χ2v) is 6.69. The van der Waals surface area contributed by atoms with Crippen LogP contribution in [0.3, 0.4) is 0 Å². The van der Waals surface area contributed by atoms with Gasteiger partial charge in [-0.15, -0.1) is 0 Å². The Morgan fingerprint density at radius 2 is 1.92 bits per heavy atom. The van der Waals surface area contributed by atoms with Gasteiger partial charge in [0.25, 0.3) is 0 Å². The summed E-state index contributed by atoms with van der Waals surface area (Å²) in [5, 5.41) is 9.56. The van der Waals surface area contributed by atoms with Crippen molar-refractivity contribution in [1.82, 2.24) is 4.90 Å². The second kappa shape index (κ2) is 7.50. The van der Waals surface area contributed by atoms with Gasteiger partial charge in [0, 0.05) is 24.6 Å². The molecule has 0 amide bonds. The molecule has 1 unspecified atom stereocenters. The fourth-order valence-corrected chi connectivity index (χ4v) is 3.41. The Hall–Kier alpha value is -2.34. The third-order valence-electron chi connectivity index (χ3n) is 4.67. The lowest BCUT2D eigenvalue weighted by atomic mass is 9.89. The lowest BCUT2D eigenvalue weighted by Gasteiger charge is -2.32. The normalized spacial score (nSPS) is 18.7. The Morgan fingerprint density at radius 1 is 1.15 bits per heavy atom. The van der Waals surface area contributed by atoms with Crippen molar-refractivity contribution in [3.63, 3.8) is 0 Å². The third-order valence-corrected chi connectivity index (χ3v) is 4.67. The summed E-state index contributed by atoms with van der Waals surface area (Å²) in [5.74, 6) is -0.364. The largest absolute Gasteiger partial charge is 0.508 e. The van der Waals surface area contributed by atoms with Gasteiger partial charge >= 0.3 is 6.18 Å². The van der Waals surface area contributed by atoms with E-state index in [-0.39, 0.29) is 23.0 Å². The highest BCUT2D eigenvalue weighted by atomic mass is 19.4. The molecule has 26 heavy (non-hydrogen) atoms. The molecule has 1 heterocycles. The number of phenolic OH excluding ortho intramolecular Hbond substituents is 1. The topological polar surface area (TPSA) is 40.5 Å². The lowest BCUT2D eigenvalue weighted by molar-refractivity contribution is -0.137. The molecule has 138 valence electrons. The Balaban J connectivity index is 1.70. The number of hydrogen-bond donors (Lipinski definition) is 1. The number of halogens is 3. The molecule has 3 nitrogen and oxygen atoms in total. The first-order valence-electron chi connectivity index (χ1n) is 8.54. The van der Waals surface area contributed by atoms with Gasteiger partial charge in [-0.3, -0.25) is 9.69 Å². The number of hydrogen-bond acceptors (Lipinski definition) is 3. The average molecular weight is 363 g/mol. The highest BCUT2D eigenvalue weighted by Gasteiger charge is 2.32. The standard InChI is InChI=1S/C20H20F3NO2/c21-20(22,23)17-7-2-5-15(11-17)19(26)16-6-3-9-24(13-16)12-14-4-1-8-18(25)10-14/h1-2,4-5,7-8,10-11,16,25H,3,6,9,12-13H2. The van der Waals surface area contributed by atoms with E-state index in [1.54, 1.807) is 18.2 Å². The summed E-state index contributed by atoms with van der Waals surface area (Å²) >= 11 is 0. The minimum Gasteiger partial charge on any atom is -0.508 e. The van der Waals surface area contributed by atoms with Crippen LogP contribution in [0.1, 0.15) is 34.3 Å². The van der Waals surface area contributed by atoms with Gasteiger partial charge in [-0.2, -0.15) is 13.2 Å². The number of phenols is 1.